The first-order chi connectivity index (χ1) is 18.3. The Bertz CT molecular complexity index is 1660. The molecule has 0 saturated carbocycles. The Hall–Kier alpha value is -4.15. The molecule has 1 amide bonds. The second-order valence-corrected chi connectivity index (χ2v) is 11.2. The lowest BCUT2D eigenvalue weighted by Gasteiger charge is -2.19. The first kappa shape index (κ1) is 25.5. The van der Waals surface area contributed by atoms with E-state index in [4.69, 9.17) is 14.1 Å². The quantitative estimate of drug-likeness (QED) is 0.234. The molecule has 0 radical (unpaired) electrons. The highest BCUT2D eigenvalue weighted by atomic mass is 32.2. The number of aryl methyl sites for hydroxylation is 1. The summed E-state index contributed by atoms with van der Waals surface area (Å²) in [5, 5.41) is 0.498. The fraction of sp³-hybridized carbons (Fsp3) is 0.143. The third-order valence-electron chi connectivity index (χ3n) is 5.76. The smallest absolute Gasteiger partial charge is 0.261 e. The number of rotatable bonds is 9. The van der Waals surface area contributed by atoms with Crippen molar-refractivity contribution < 1.29 is 22.4 Å². The Kier molecular flexibility index (Phi) is 7.17. The number of fused-ring (bicyclic) bond motifs is 1. The minimum atomic E-state index is -3.76. The van der Waals surface area contributed by atoms with Crippen LogP contribution in [0.3, 0.4) is 0 Å². The average molecular weight is 548 g/mol. The van der Waals surface area contributed by atoms with Crippen LogP contribution in [0.25, 0.3) is 10.2 Å². The minimum absolute atomic E-state index is 0.162. The molecule has 0 aliphatic carbocycles. The zero-order valence-electron chi connectivity index (χ0n) is 20.7. The first-order valence-electron chi connectivity index (χ1n) is 11.9. The summed E-state index contributed by atoms with van der Waals surface area (Å²) < 4.78 is 40.2. The van der Waals surface area contributed by atoms with E-state index in [-0.39, 0.29) is 17.3 Å². The molecule has 10 heteroatoms. The molecule has 0 aliphatic rings. The molecule has 0 unspecified atom stereocenters. The number of thiazole rings is 1. The third-order valence-corrected chi connectivity index (χ3v) is 8.20. The van der Waals surface area contributed by atoms with Gasteiger partial charge in [-0.15, -0.1) is 0 Å². The lowest BCUT2D eigenvalue weighted by atomic mass is 10.2. The van der Waals surface area contributed by atoms with E-state index >= 15 is 0 Å². The molecule has 8 nitrogen and oxygen atoms in total. The van der Waals surface area contributed by atoms with Crippen LogP contribution in [0.2, 0.25) is 0 Å². The molecule has 0 atom stereocenters. The molecule has 0 fully saturated rings. The summed E-state index contributed by atoms with van der Waals surface area (Å²) in [6.45, 7) is 4.48. The van der Waals surface area contributed by atoms with E-state index in [1.807, 2.05) is 32.0 Å². The van der Waals surface area contributed by atoms with Crippen LogP contribution in [0.15, 0.2) is 94.4 Å². The number of hydrogen-bond acceptors (Lipinski definition) is 7. The molecule has 2 heterocycles. The second kappa shape index (κ2) is 10.7. The maximum atomic E-state index is 13.7. The Morgan fingerprint density at radius 3 is 2.47 bits per heavy atom. The molecule has 38 heavy (non-hydrogen) atoms. The van der Waals surface area contributed by atoms with Crippen LogP contribution in [-0.2, 0) is 16.6 Å². The van der Waals surface area contributed by atoms with Gasteiger partial charge in [0.25, 0.3) is 15.9 Å². The van der Waals surface area contributed by atoms with Crippen molar-refractivity contribution in [3.63, 3.8) is 0 Å². The largest absolute Gasteiger partial charge is 0.492 e. The first-order valence-corrected chi connectivity index (χ1v) is 14.2. The highest BCUT2D eigenvalue weighted by Crippen LogP contribution is 2.35. The van der Waals surface area contributed by atoms with Gasteiger partial charge >= 0.3 is 0 Å². The highest BCUT2D eigenvalue weighted by Gasteiger charge is 2.24. The number of aromatic nitrogens is 1. The van der Waals surface area contributed by atoms with Crippen LogP contribution in [0.1, 0.15) is 28.6 Å². The molecule has 0 aliphatic heterocycles. The molecule has 0 bridgehead atoms. The highest BCUT2D eigenvalue weighted by molar-refractivity contribution is 7.92. The Morgan fingerprint density at radius 1 is 1.03 bits per heavy atom. The van der Waals surface area contributed by atoms with Gasteiger partial charge in [-0.1, -0.05) is 35.1 Å². The summed E-state index contributed by atoms with van der Waals surface area (Å²) in [5.41, 5.74) is 2.38. The summed E-state index contributed by atoms with van der Waals surface area (Å²) in [6, 6.07) is 22.1. The van der Waals surface area contributed by atoms with Crippen LogP contribution in [0.5, 0.6) is 5.75 Å². The lowest BCUT2D eigenvalue weighted by molar-refractivity contribution is 0.0983. The number of nitrogens with one attached hydrogen (secondary N) is 1. The summed E-state index contributed by atoms with van der Waals surface area (Å²) >= 11 is 1.38. The number of hydrogen-bond donors (Lipinski definition) is 1. The number of ether oxygens (including phenoxy) is 1. The number of nitrogens with zero attached hydrogens (tertiary/aromatic N) is 2. The molecule has 0 saturated heterocycles. The zero-order chi connectivity index (χ0) is 26.7. The van der Waals surface area contributed by atoms with Crippen molar-refractivity contribution in [1.82, 2.24) is 4.98 Å². The molecular weight excluding hydrogens is 522 g/mol. The van der Waals surface area contributed by atoms with E-state index in [1.54, 1.807) is 71.8 Å². The van der Waals surface area contributed by atoms with E-state index < -0.39 is 10.0 Å². The minimum Gasteiger partial charge on any atom is -0.492 e. The molecule has 3 aromatic carbocycles. The summed E-state index contributed by atoms with van der Waals surface area (Å²) in [6.07, 6.45) is 1.55. The normalized spacial score (nSPS) is 11.4. The average Bonchev–Trinajstić information content (AvgIpc) is 3.58. The lowest BCUT2D eigenvalue weighted by Crippen LogP contribution is -2.30. The molecule has 5 rings (SSSR count). The molecule has 5 aromatic rings. The van der Waals surface area contributed by atoms with Gasteiger partial charge in [0.1, 0.15) is 17.0 Å². The van der Waals surface area contributed by atoms with Gasteiger partial charge in [0.05, 0.1) is 29.0 Å². The molecule has 1 N–H and O–H groups in total. The van der Waals surface area contributed by atoms with Crippen LogP contribution < -0.4 is 14.4 Å². The van der Waals surface area contributed by atoms with Crippen molar-refractivity contribution in [2.24, 2.45) is 0 Å². The van der Waals surface area contributed by atoms with Gasteiger partial charge in [0.2, 0.25) is 0 Å². The van der Waals surface area contributed by atoms with Crippen molar-refractivity contribution >= 4 is 48.3 Å². The van der Waals surface area contributed by atoms with Gasteiger partial charge in [-0.3, -0.25) is 14.4 Å². The van der Waals surface area contributed by atoms with Gasteiger partial charge in [0, 0.05) is 11.3 Å². The summed E-state index contributed by atoms with van der Waals surface area (Å²) in [4.78, 5) is 20.1. The second-order valence-electron chi connectivity index (χ2n) is 8.50. The summed E-state index contributed by atoms with van der Waals surface area (Å²) in [7, 11) is -3.76. The van der Waals surface area contributed by atoms with Crippen LogP contribution in [0, 0.1) is 6.92 Å². The fourth-order valence-corrected chi connectivity index (χ4v) is 5.89. The number of para-hydroxylation sites is 1. The van der Waals surface area contributed by atoms with Gasteiger partial charge in [0.15, 0.2) is 5.13 Å². The van der Waals surface area contributed by atoms with Gasteiger partial charge < -0.3 is 9.15 Å². The predicted octanol–water partition coefficient (Wildman–Crippen LogP) is 6.24. The van der Waals surface area contributed by atoms with Gasteiger partial charge in [-0.2, -0.15) is 0 Å². The molecule has 0 spiro atoms. The molecule has 194 valence electrons. The van der Waals surface area contributed by atoms with Crippen molar-refractivity contribution in [3.05, 3.63) is 102 Å². The zero-order valence-corrected chi connectivity index (χ0v) is 22.4. The monoisotopic (exact) mass is 547 g/mol. The fourth-order valence-electron chi connectivity index (χ4n) is 3.85. The Labute approximate surface area is 224 Å². The Balaban J connectivity index is 1.43. The van der Waals surface area contributed by atoms with Crippen molar-refractivity contribution in [2.45, 2.75) is 25.3 Å². The SMILES string of the molecule is CCOc1cccc2sc(N(Cc3ccco3)C(=O)c3ccc(NS(=O)(=O)c4ccc(C)cc4)cc3)nc12. The maximum absolute atomic E-state index is 13.7. The number of carbonyl (C=O) groups is 1. The van der Waals surface area contributed by atoms with Crippen LogP contribution in [0.4, 0.5) is 10.8 Å². The van der Waals surface area contributed by atoms with E-state index in [2.05, 4.69) is 4.72 Å². The third kappa shape index (κ3) is 5.41. The number of furan rings is 1. The number of amides is 1. The topological polar surface area (TPSA) is 102 Å². The Morgan fingerprint density at radius 2 is 1.79 bits per heavy atom. The molecular formula is C28H25N3O5S2. The number of benzene rings is 3. The van der Waals surface area contributed by atoms with Crippen LogP contribution in [-0.4, -0.2) is 25.9 Å². The molecule has 2 aromatic heterocycles. The van der Waals surface area contributed by atoms with E-state index in [0.717, 1.165) is 10.3 Å². The van der Waals surface area contributed by atoms with E-state index in [9.17, 15) is 13.2 Å². The summed E-state index contributed by atoms with van der Waals surface area (Å²) in [5.74, 6) is 0.958. The van der Waals surface area contributed by atoms with Crippen LogP contribution >= 0.6 is 11.3 Å². The predicted molar refractivity (Wildman–Crippen MR) is 148 cm³/mol. The van der Waals surface area contributed by atoms with E-state index in [1.165, 1.54) is 11.3 Å². The van der Waals surface area contributed by atoms with Gasteiger partial charge in [-0.05, 0) is 74.5 Å². The number of carbonyl (C=O) groups excluding carboxylic acids is 1. The maximum Gasteiger partial charge on any atom is 0.261 e. The van der Waals surface area contributed by atoms with Crippen molar-refractivity contribution in [1.29, 1.82) is 0 Å². The van der Waals surface area contributed by atoms with Crippen molar-refractivity contribution in [2.75, 3.05) is 16.2 Å². The van der Waals surface area contributed by atoms with Gasteiger partial charge in [-0.25, -0.2) is 13.4 Å². The standard InChI is InChI=1S/C28H25N3O5S2/c1-3-35-24-7-4-8-25-26(24)29-28(37-25)31(18-22-6-5-17-36-22)27(32)20-11-13-21(14-12-20)30-38(33,34)23-15-9-19(2)10-16-23/h4-17,30H,3,18H2,1-2H3. The number of sulfonamides is 1. The number of anilines is 2. The van der Waals surface area contributed by atoms with E-state index in [0.29, 0.717) is 40.0 Å². The van der Waals surface area contributed by atoms with Crippen molar-refractivity contribution in [3.8, 4) is 5.75 Å².